The summed E-state index contributed by atoms with van der Waals surface area (Å²) in [7, 11) is -3.79. The van der Waals surface area contributed by atoms with Crippen molar-refractivity contribution in [1.29, 1.82) is 0 Å². The monoisotopic (exact) mass is 358 g/mol. The Kier molecular flexibility index (Phi) is 4.00. The predicted octanol–water partition coefficient (Wildman–Crippen LogP) is 2.83. The number of nitrogens with one attached hydrogen (secondary N) is 1. The molecular weight excluding hydrogens is 336 g/mol. The summed E-state index contributed by atoms with van der Waals surface area (Å²) >= 11 is 0. The first-order valence-electron chi connectivity index (χ1n) is 8.11. The third-order valence-electron chi connectivity index (χ3n) is 4.26. The number of sulfonamides is 1. The average molecular weight is 358 g/mol. The summed E-state index contributed by atoms with van der Waals surface area (Å²) in [6, 6.07) is 16.1. The van der Waals surface area contributed by atoms with Crippen molar-refractivity contribution in [2.24, 2.45) is 0 Å². The number of benzene rings is 2. The number of hydrogen-bond acceptors (Lipinski definition) is 3. The lowest BCUT2D eigenvalue weighted by atomic mass is 9.88. The highest BCUT2D eigenvalue weighted by Gasteiger charge is 2.59. The van der Waals surface area contributed by atoms with E-state index >= 15 is 0 Å². The van der Waals surface area contributed by atoms with Crippen LogP contribution in [-0.4, -0.2) is 24.2 Å². The number of amides is 1. The number of carbonyl (C=O) groups is 1. The van der Waals surface area contributed by atoms with Gasteiger partial charge in [0.1, 0.15) is 0 Å². The van der Waals surface area contributed by atoms with E-state index < -0.39 is 21.2 Å². The topological polar surface area (TPSA) is 66.5 Å². The van der Waals surface area contributed by atoms with E-state index in [0.717, 1.165) is 0 Å². The van der Waals surface area contributed by atoms with Crippen LogP contribution < -0.4 is 5.32 Å². The van der Waals surface area contributed by atoms with Gasteiger partial charge in [0.25, 0.3) is 0 Å². The van der Waals surface area contributed by atoms with Crippen molar-refractivity contribution in [1.82, 2.24) is 9.62 Å². The van der Waals surface area contributed by atoms with Crippen LogP contribution in [0.15, 0.2) is 59.5 Å². The maximum absolute atomic E-state index is 13.4. The zero-order chi connectivity index (χ0) is 18.5. The van der Waals surface area contributed by atoms with E-state index in [4.69, 9.17) is 0 Å². The second-order valence-electron chi connectivity index (χ2n) is 7.19. The van der Waals surface area contributed by atoms with Crippen LogP contribution >= 0.6 is 0 Å². The average Bonchev–Trinajstić information content (AvgIpc) is 2.73. The largest absolute Gasteiger partial charge is 0.329 e. The molecule has 5 nitrogen and oxygen atoms in total. The van der Waals surface area contributed by atoms with Gasteiger partial charge in [-0.2, -0.15) is 4.31 Å². The number of hydrogen-bond donors (Lipinski definition) is 1. The lowest BCUT2D eigenvalue weighted by Gasteiger charge is -2.45. The zero-order valence-corrected chi connectivity index (χ0v) is 15.6. The first-order chi connectivity index (χ1) is 11.6. The lowest BCUT2D eigenvalue weighted by Crippen LogP contribution is -2.62. The molecule has 0 spiro atoms. The van der Waals surface area contributed by atoms with E-state index in [9.17, 15) is 13.2 Å². The third kappa shape index (κ3) is 2.56. The maximum atomic E-state index is 13.4. The Morgan fingerprint density at radius 1 is 1.00 bits per heavy atom. The van der Waals surface area contributed by atoms with Gasteiger partial charge in [-0.3, -0.25) is 4.79 Å². The molecule has 0 aromatic heterocycles. The van der Waals surface area contributed by atoms with Gasteiger partial charge >= 0.3 is 0 Å². The van der Waals surface area contributed by atoms with Crippen molar-refractivity contribution in [2.45, 2.75) is 43.8 Å². The summed E-state index contributed by atoms with van der Waals surface area (Å²) < 4.78 is 28.2. The molecule has 0 aliphatic carbocycles. The van der Waals surface area contributed by atoms with Gasteiger partial charge in [0.2, 0.25) is 15.9 Å². The molecule has 1 aliphatic rings. The summed E-state index contributed by atoms with van der Waals surface area (Å²) in [5.74, 6) is -0.301. The van der Waals surface area contributed by atoms with E-state index in [1.807, 2.05) is 51.1 Å². The van der Waals surface area contributed by atoms with Crippen molar-refractivity contribution >= 4 is 15.9 Å². The van der Waals surface area contributed by atoms with Gasteiger partial charge in [0.15, 0.2) is 5.66 Å². The highest BCUT2D eigenvalue weighted by molar-refractivity contribution is 7.89. The van der Waals surface area contributed by atoms with Gasteiger partial charge < -0.3 is 5.32 Å². The molecule has 1 unspecified atom stereocenters. The third-order valence-corrected chi connectivity index (χ3v) is 6.47. The summed E-state index contributed by atoms with van der Waals surface area (Å²) in [5, 5.41) is 2.95. The van der Waals surface area contributed by atoms with E-state index in [1.54, 1.807) is 24.3 Å². The first-order valence-corrected chi connectivity index (χ1v) is 9.55. The first kappa shape index (κ1) is 17.6. The Bertz CT molecular complexity index is 917. The number of carbonyl (C=O) groups excluding carboxylic acids is 1. The smallest absolute Gasteiger partial charge is 0.246 e. The van der Waals surface area contributed by atoms with E-state index in [1.165, 1.54) is 11.2 Å². The van der Waals surface area contributed by atoms with Crippen LogP contribution in [0.1, 0.15) is 38.8 Å². The molecule has 25 heavy (non-hydrogen) atoms. The Hall–Kier alpha value is -2.18. The molecule has 0 fully saturated rings. The van der Waals surface area contributed by atoms with Crippen molar-refractivity contribution in [3.8, 4) is 0 Å². The van der Waals surface area contributed by atoms with Crippen molar-refractivity contribution in [2.75, 3.05) is 0 Å². The van der Waals surface area contributed by atoms with E-state index in [-0.39, 0.29) is 10.8 Å². The normalized spacial score (nSPS) is 22.4. The molecule has 1 aliphatic heterocycles. The molecule has 1 amide bonds. The lowest BCUT2D eigenvalue weighted by molar-refractivity contribution is -0.122. The summed E-state index contributed by atoms with van der Waals surface area (Å²) in [4.78, 5) is 12.4. The van der Waals surface area contributed by atoms with E-state index in [2.05, 4.69) is 5.32 Å². The summed E-state index contributed by atoms with van der Waals surface area (Å²) in [6.45, 7) is 6.89. The number of rotatable bonds is 2. The molecule has 2 aromatic carbocycles. The highest BCUT2D eigenvalue weighted by atomic mass is 32.2. The Balaban J connectivity index is 2.47. The van der Waals surface area contributed by atoms with Crippen LogP contribution in [0.2, 0.25) is 0 Å². The Morgan fingerprint density at radius 3 is 2.12 bits per heavy atom. The molecule has 1 heterocycles. The molecule has 0 radical (unpaired) electrons. The molecule has 0 saturated carbocycles. The van der Waals surface area contributed by atoms with Crippen molar-refractivity contribution < 1.29 is 13.2 Å². The molecular formula is C19H22N2O3S. The minimum atomic E-state index is -3.79. The Morgan fingerprint density at radius 2 is 1.56 bits per heavy atom. The fourth-order valence-corrected chi connectivity index (χ4v) is 5.91. The molecule has 1 N–H and O–H groups in total. The Labute approximate surface area is 148 Å². The minimum Gasteiger partial charge on any atom is -0.329 e. The minimum absolute atomic E-state index is 0.225. The SMILES string of the molecule is CC(=O)NC1(c2ccccc2)c2ccccc2S(=O)(=O)N1C(C)(C)C. The quantitative estimate of drug-likeness (QED) is 0.898. The van der Waals surface area contributed by atoms with Gasteiger partial charge in [-0.05, 0) is 32.4 Å². The van der Waals surface area contributed by atoms with Crippen molar-refractivity contribution in [3.05, 3.63) is 65.7 Å². The predicted molar refractivity (Wildman–Crippen MR) is 96.3 cm³/mol. The van der Waals surface area contributed by atoms with Crippen LogP contribution in [0.4, 0.5) is 0 Å². The molecule has 0 bridgehead atoms. The highest BCUT2D eigenvalue weighted by Crippen LogP contribution is 2.49. The standard InChI is InChI=1S/C19H22N2O3S/c1-14(22)20-19(15-10-6-5-7-11-15)16-12-8-9-13-17(16)25(23,24)21(19)18(2,3)4/h5-13H,1-4H3,(H,20,22). The van der Waals surface area contributed by atoms with Crippen LogP contribution in [0.3, 0.4) is 0 Å². The summed E-state index contributed by atoms with van der Waals surface area (Å²) in [6.07, 6.45) is 0. The van der Waals surface area contributed by atoms with Crippen LogP contribution in [0, 0.1) is 0 Å². The fraction of sp³-hybridized carbons (Fsp3) is 0.316. The van der Waals surface area contributed by atoms with Gasteiger partial charge in [0, 0.05) is 18.0 Å². The number of fused-ring (bicyclic) bond motifs is 1. The fourth-order valence-electron chi connectivity index (χ4n) is 3.64. The zero-order valence-electron chi connectivity index (χ0n) is 14.8. The van der Waals surface area contributed by atoms with Gasteiger partial charge in [-0.15, -0.1) is 0 Å². The molecule has 0 saturated heterocycles. The second-order valence-corrected chi connectivity index (χ2v) is 8.95. The van der Waals surface area contributed by atoms with Crippen molar-refractivity contribution in [3.63, 3.8) is 0 Å². The van der Waals surface area contributed by atoms with Crippen LogP contribution in [0.25, 0.3) is 0 Å². The molecule has 6 heteroatoms. The maximum Gasteiger partial charge on any atom is 0.246 e. The van der Waals surface area contributed by atoms with Gasteiger partial charge in [-0.25, -0.2) is 8.42 Å². The van der Waals surface area contributed by atoms with Crippen LogP contribution in [0.5, 0.6) is 0 Å². The second kappa shape index (κ2) is 5.68. The van der Waals surface area contributed by atoms with Gasteiger partial charge in [0.05, 0.1) is 4.90 Å². The summed E-state index contributed by atoms with van der Waals surface area (Å²) in [5.41, 5.74) is -0.767. The molecule has 132 valence electrons. The van der Waals surface area contributed by atoms with Crippen LogP contribution in [-0.2, 0) is 20.5 Å². The molecule has 3 rings (SSSR count). The molecule has 2 aromatic rings. The number of nitrogens with zero attached hydrogens (tertiary/aromatic N) is 1. The van der Waals surface area contributed by atoms with E-state index in [0.29, 0.717) is 11.1 Å². The molecule has 1 atom stereocenters. The van der Waals surface area contributed by atoms with Gasteiger partial charge in [-0.1, -0.05) is 48.5 Å².